The average molecular weight is 349 g/mol. The van der Waals surface area contributed by atoms with Crippen LogP contribution < -0.4 is 9.96 Å². The Morgan fingerprint density at radius 1 is 0.545 bits per heavy atom. The van der Waals surface area contributed by atoms with Crippen LogP contribution >= 0.6 is 0 Å². The van der Waals surface area contributed by atoms with Gasteiger partial charge in [0.25, 0.3) is 0 Å². The van der Waals surface area contributed by atoms with Gasteiger partial charge in [-0.05, 0) is 24.3 Å². The van der Waals surface area contributed by atoms with Gasteiger partial charge >= 0.3 is 17.9 Å². The minimum atomic E-state index is -2.88. The van der Waals surface area contributed by atoms with Crippen LogP contribution in [-0.4, -0.2) is 60.6 Å². The summed E-state index contributed by atoms with van der Waals surface area (Å²) in [6.07, 6.45) is 0. The Morgan fingerprint density at radius 3 is 0.955 bits per heavy atom. The van der Waals surface area contributed by atoms with E-state index in [-0.39, 0.29) is 0 Å². The molecule has 0 amide bonds. The van der Waals surface area contributed by atoms with Gasteiger partial charge in [-0.3, -0.25) is 0 Å². The van der Waals surface area contributed by atoms with Crippen LogP contribution in [0.1, 0.15) is 0 Å². The maximum atomic E-state index is 5.32. The van der Waals surface area contributed by atoms with Gasteiger partial charge in [0.15, 0.2) is 0 Å². The van der Waals surface area contributed by atoms with Crippen LogP contribution in [0.25, 0.3) is 0 Å². The Labute approximate surface area is 133 Å². The largest absolute Gasteiger partial charge is 0.630 e. The van der Waals surface area contributed by atoms with E-state index < -0.39 is 17.9 Å². The number of anilines is 2. The zero-order valence-corrected chi connectivity index (χ0v) is 15.8. The fraction of sp³-hybridized carbons (Fsp3) is 0.500. The molecule has 0 bridgehead atoms. The predicted octanol–water partition coefficient (Wildman–Crippen LogP) is 1.26. The summed E-state index contributed by atoms with van der Waals surface area (Å²) in [6.45, 7) is 0. The van der Waals surface area contributed by atoms with Crippen molar-refractivity contribution < 1.29 is 26.6 Å². The standard InChI is InChI=1S/C12H24N2O6Si2/c1-15-21(16-2,17-3)13-11-7-9-12(10-8-11)14-22(18-4,19-5)20-6/h7-10,13-14H,1-6H3. The Hall–Kier alpha value is -0.986. The van der Waals surface area contributed by atoms with Gasteiger partial charge < -0.3 is 36.5 Å². The Balaban J connectivity index is 2.82. The molecule has 0 spiro atoms. The number of nitrogens with one attached hydrogen (secondary N) is 2. The first-order valence-corrected chi connectivity index (χ1v) is 9.95. The molecule has 8 nitrogen and oxygen atoms in total. The quantitative estimate of drug-likeness (QED) is 0.612. The van der Waals surface area contributed by atoms with E-state index >= 15 is 0 Å². The SMILES string of the molecule is CO[Si](Nc1ccc(N[Si](OC)(OC)OC)cc1)(OC)OC. The Morgan fingerprint density at radius 2 is 0.773 bits per heavy atom. The molecule has 0 aromatic heterocycles. The Bertz CT molecular complexity index is 382. The summed E-state index contributed by atoms with van der Waals surface area (Å²) >= 11 is 0. The molecule has 0 atom stereocenters. The van der Waals surface area contributed by atoms with Crippen molar-refractivity contribution in [2.24, 2.45) is 0 Å². The molecule has 1 aromatic carbocycles. The molecule has 1 aromatic rings. The second-order valence-corrected chi connectivity index (χ2v) is 9.34. The zero-order valence-electron chi connectivity index (χ0n) is 13.8. The molecule has 0 aliphatic rings. The molecule has 0 saturated carbocycles. The van der Waals surface area contributed by atoms with Crippen molar-refractivity contribution in [1.29, 1.82) is 0 Å². The van der Waals surface area contributed by atoms with E-state index in [1.165, 1.54) is 42.7 Å². The lowest BCUT2D eigenvalue weighted by molar-refractivity contribution is 0.131. The number of hydrogen-bond donors (Lipinski definition) is 2. The monoisotopic (exact) mass is 348 g/mol. The zero-order chi connectivity index (χ0) is 16.6. The molecule has 0 unspecified atom stereocenters. The summed E-state index contributed by atoms with van der Waals surface area (Å²) < 4.78 is 31.9. The van der Waals surface area contributed by atoms with Crippen molar-refractivity contribution >= 4 is 29.3 Å². The minimum absolute atomic E-state index is 0.808. The van der Waals surface area contributed by atoms with E-state index in [1.54, 1.807) is 0 Å². The lowest BCUT2D eigenvalue weighted by Crippen LogP contribution is -2.51. The molecule has 0 heterocycles. The molecule has 0 fully saturated rings. The molecule has 0 radical (unpaired) electrons. The lowest BCUT2D eigenvalue weighted by atomic mass is 10.3. The van der Waals surface area contributed by atoms with Crippen molar-refractivity contribution in [2.45, 2.75) is 0 Å². The van der Waals surface area contributed by atoms with Gasteiger partial charge in [-0.2, -0.15) is 0 Å². The molecule has 0 saturated heterocycles. The van der Waals surface area contributed by atoms with E-state index in [0.29, 0.717) is 0 Å². The molecule has 126 valence electrons. The predicted molar refractivity (Wildman–Crippen MR) is 87.2 cm³/mol. The van der Waals surface area contributed by atoms with Crippen molar-refractivity contribution in [1.82, 2.24) is 0 Å². The van der Waals surface area contributed by atoms with Gasteiger partial charge in [0.05, 0.1) is 0 Å². The summed E-state index contributed by atoms with van der Waals surface area (Å²) in [7, 11) is 3.48. The second-order valence-electron chi connectivity index (χ2n) is 4.16. The van der Waals surface area contributed by atoms with E-state index in [0.717, 1.165) is 11.4 Å². The smallest absolute Gasteiger partial charge is 0.360 e. The van der Waals surface area contributed by atoms with E-state index in [1.807, 2.05) is 24.3 Å². The molecule has 0 aliphatic carbocycles. The molecule has 22 heavy (non-hydrogen) atoms. The van der Waals surface area contributed by atoms with Gasteiger partial charge in [-0.1, -0.05) is 0 Å². The lowest BCUT2D eigenvalue weighted by Gasteiger charge is -2.26. The maximum absolute atomic E-state index is 5.32. The third kappa shape index (κ3) is 4.50. The van der Waals surface area contributed by atoms with Crippen LogP contribution in [0, 0.1) is 0 Å². The molecule has 1 rings (SSSR count). The van der Waals surface area contributed by atoms with Crippen molar-refractivity contribution in [2.75, 3.05) is 52.6 Å². The van der Waals surface area contributed by atoms with E-state index in [2.05, 4.69) is 9.96 Å². The average Bonchev–Trinajstić information content (AvgIpc) is 2.59. The van der Waals surface area contributed by atoms with Gasteiger partial charge in [0.2, 0.25) is 0 Å². The first-order valence-electron chi connectivity index (χ1n) is 6.50. The third-order valence-electron chi connectivity index (χ3n) is 3.09. The van der Waals surface area contributed by atoms with Crippen LogP contribution in [-0.2, 0) is 26.6 Å². The highest BCUT2D eigenvalue weighted by Gasteiger charge is 2.41. The van der Waals surface area contributed by atoms with Gasteiger partial charge in [-0.25, -0.2) is 0 Å². The fourth-order valence-corrected chi connectivity index (χ4v) is 4.45. The second kappa shape index (κ2) is 8.60. The maximum Gasteiger partial charge on any atom is 0.630 e. The molecular formula is C12H24N2O6Si2. The highest BCUT2D eigenvalue weighted by molar-refractivity contribution is 6.64. The molecular weight excluding hydrogens is 324 g/mol. The van der Waals surface area contributed by atoms with Crippen LogP contribution in [0.15, 0.2) is 24.3 Å². The fourth-order valence-electron chi connectivity index (χ4n) is 1.80. The molecule has 10 heteroatoms. The topological polar surface area (TPSA) is 79.4 Å². The summed E-state index contributed by atoms with van der Waals surface area (Å²) in [5.41, 5.74) is 1.62. The van der Waals surface area contributed by atoms with E-state index in [9.17, 15) is 0 Å². The third-order valence-corrected chi connectivity index (χ3v) is 7.51. The van der Waals surface area contributed by atoms with Gasteiger partial charge in [0.1, 0.15) is 0 Å². The number of benzene rings is 1. The van der Waals surface area contributed by atoms with Crippen LogP contribution in [0.5, 0.6) is 0 Å². The first kappa shape index (κ1) is 19.1. The molecule has 0 aliphatic heterocycles. The minimum Gasteiger partial charge on any atom is -0.360 e. The van der Waals surface area contributed by atoms with Crippen molar-refractivity contribution in [3.8, 4) is 0 Å². The molecule has 2 N–H and O–H groups in total. The van der Waals surface area contributed by atoms with Crippen molar-refractivity contribution in [3.63, 3.8) is 0 Å². The number of hydrogen-bond acceptors (Lipinski definition) is 8. The summed E-state index contributed by atoms with van der Waals surface area (Å²) in [4.78, 5) is 6.27. The summed E-state index contributed by atoms with van der Waals surface area (Å²) in [6, 6.07) is 7.45. The first-order chi connectivity index (χ1) is 10.5. The number of rotatable bonds is 10. The van der Waals surface area contributed by atoms with Gasteiger partial charge in [-0.15, -0.1) is 0 Å². The van der Waals surface area contributed by atoms with Gasteiger partial charge in [0, 0.05) is 54.0 Å². The van der Waals surface area contributed by atoms with E-state index in [4.69, 9.17) is 26.6 Å². The van der Waals surface area contributed by atoms with Crippen LogP contribution in [0.4, 0.5) is 11.4 Å². The normalized spacial score (nSPS) is 12.3. The summed E-state index contributed by atoms with van der Waals surface area (Å²) in [5.74, 6) is 0. The Kier molecular flexibility index (Phi) is 7.45. The van der Waals surface area contributed by atoms with Crippen LogP contribution in [0.3, 0.4) is 0 Å². The highest BCUT2D eigenvalue weighted by Crippen LogP contribution is 2.20. The van der Waals surface area contributed by atoms with Crippen molar-refractivity contribution in [3.05, 3.63) is 24.3 Å². The summed E-state index contributed by atoms with van der Waals surface area (Å²) in [5, 5.41) is 0. The highest BCUT2D eigenvalue weighted by atomic mass is 28.4. The van der Waals surface area contributed by atoms with Crippen LogP contribution in [0.2, 0.25) is 0 Å².